The number of amides is 1. The molecule has 3 rings (SSSR count). The molecule has 1 fully saturated rings. The van der Waals surface area contributed by atoms with E-state index in [1.165, 1.54) is 16.4 Å². The molecule has 0 aliphatic carbocycles. The van der Waals surface area contributed by atoms with Crippen molar-refractivity contribution in [2.75, 3.05) is 31.6 Å². The number of sulfonamides is 1. The minimum atomic E-state index is -3.57. The van der Waals surface area contributed by atoms with Crippen LogP contribution in [0.4, 0.5) is 5.69 Å². The van der Waals surface area contributed by atoms with E-state index < -0.39 is 16.1 Å². The van der Waals surface area contributed by atoms with Gasteiger partial charge in [0, 0.05) is 23.8 Å². The van der Waals surface area contributed by atoms with Gasteiger partial charge in [0.25, 0.3) is 5.91 Å². The molecule has 0 saturated carbocycles. The van der Waals surface area contributed by atoms with E-state index in [0.717, 1.165) is 0 Å². The number of halogens is 2. The highest BCUT2D eigenvalue weighted by Gasteiger charge is 2.26. The largest absolute Gasteiger partial charge is 0.480 e. The van der Waals surface area contributed by atoms with Gasteiger partial charge >= 0.3 is 0 Å². The molecule has 1 aliphatic heterocycles. The fourth-order valence-electron chi connectivity index (χ4n) is 2.70. The molecular formula is C19H20BrClN2O5S. The van der Waals surface area contributed by atoms with Gasteiger partial charge in [-0.1, -0.05) is 11.6 Å². The van der Waals surface area contributed by atoms with Crippen LogP contribution in [0.3, 0.4) is 0 Å². The topological polar surface area (TPSA) is 84.9 Å². The van der Waals surface area contributed by atoms with Crippen molar-refractivity contribution in [3.05, 3.63) is 52.0 Å². The van der Waals surface area contributed by atoms with Gasteiger partial charge in [0.1, 0.15) is 5.75 Å². The molecule has 2 aromatic rings. The van der Waals surface area contributed by atoms with Crippen LogP contribution in [-0.2, 0) is 19.6 Å². The predicted octanol–water partition coefficient (Wildman–Crippen LogP) is 3.53. The summed E-state index contributed by atoms with van der Waals surface area (Å²) < 4.78 is 38.2. The Kier molecular flexibility index (Phi) is 7.18. The second-order valence-electron chi connectivity index (χ2n) is 6.36. The predicted molar refractivity (Wildman–Crippen MR) is 114 cm³/mol. The van der Waals surface area contributed by atoms with Crippen LogP contribution in [0.1, 0.15) is 6.92 Å². The van der Waals surface area contributed by atoms with Crippen molar-refractivity contribution in [2.45, 2.75) is 17.9 Å². The molecule has 0 aromatic heterocycles. The van der Waals surface area contributed by atoms with Gasteiger partial charge in [0.15, 0.2) is 6.10 Å². The summed E-state index contributed by atoms with van der Waals surface area (Å²) in [4.78, 5) is 12.6. The Balaban J connectivity index is 1.63. The van der Waals surface area contributed by atoms with Gasteiger partial charge in [0.05, 0.1) is 22.6 Å². The summed E-state index contributed by atoms with van der Waals surface area (Å²) in [6, 6.07) is 11.1. The van der Waals surface area contributed by atoms with Crippen molar-refractivity contribution < 1.29 is 22.7 Å². The number of morpholine rings is 1. The first-order chi connectivity index (χ1) is 13.8. The number of benzene rings is 2. The maximum atomic E-state index is 12.6. The molecule has 0 spiro atoms. The Labute approximate surface area is 183 Å². The molecule has 1 amide bonds. The summed E-state index contributed by atoms with van der Waals surface area (Å²) in [6.07, 6.45) is -0.774. The van der Waals surface area contributed by atoms with Crippen LogP contribution in [0.15, 0.2) is 51.8 Å². The molecule has 10 heteroatoms. The first-order valence-corrected chi connectivity index (χ1v) is 11.5. The highest BCUT2D eigenvalue weighted by atomic mass is 79.9. The molecule has 29 heavy (non-hydrogen) atoms. The molecule has 1 aliphatic rings. The zero-order valence-electron chi connectivity index (χ0n) is 15.6. The van der Waals surface area contributed by atoms with Crippen LogP contribution in [0.25, 0.3) is 0 Å². The summed E-state index contributed by atoms with van der Waals surface area (Å²) in [5.74, 6) is 0.125. The zero-order chi connectivity index (χ0) is 21.0. The highest BCUT2D eigenvalue weighted by Crippen LogP contribution is 2.29. The Morgan fingerprint density at radius 3 is 2.48 bits per heavy atom. The lowest BCUT2D eigenvalue weighted by molar-refractivity contribution is -0.122. The summed E-state index contributed by atoms with van der Waals surface area (Å²) in [5.41, 5.74) is 0.474. The monoisotopic (exact) mass is 502 g/mol. The SMILES string of the molecule is CC(Oc1ccc(Cl)cc1Br)C(=O)Nc1ccc(S(=O)(=O)N2CCOCC2)cc1. The van der Waals surface area contributed by atoms with Gasteiger partial charge in [-0.05, 0) is 65.3 Å². The van der Waals surface area contributed by atoms with Crippen LogP contribution in [0, 0.1) is 0 Å². The molecule has 0 bridgehead atoms. The van der Waals surface area contributed by atoms with Gasteiger partial charge in [-0.15, -0.1) is 0 Å². The molecule has 0 radical (unpaired) electrons. The van der Waals surface area contributed by atoms with E-state index in [-0.39, 0.29) is 10.8 Å². The van der Waals surface area contributed by atoms with E-state index in [9.17, 15) is 13.2 Å². The molecular weight excluding hydrogens is 484 g/mol. The average molecular weight is 504 g/mol. The number of carbonyl (C=O) groups excluding carboxylic acids is 1. The van der Waals surface area contributed by atoms with E-state index in [1.54, 1.807) is 37.3 Å². The highest BCUT2D eigenvalue weighted by molar-refractivity contribution is 9.10. The van der Waals surface area contributed by atoms with Gasteiger partial charge in [-0.3, -0.25) is 4.79 Å². The van der Waals surface area contributed by atoms with E-state index in [0.29, 0.717) is 47.2 Å². The third kappa shape index (κ3) is 5.49. The van der Waals surface area contributed by atoms with Gasteiger partial charge < -0.3 is 14.8 Å². The second kappa shape index (κ2) is 9.44. The molecule has 156 valence electrons. The Morgan fingerprint density at radius 2 is 1.86 bits per heavy atom. The van der Waals surface area contributed by atoms with E-state index >= 15 is 0 Å². The first kappa shape index (κ1) is 22.0. The quantitative estimate of drug-likeness (QED) is 0.652. The van der Waals surface area contributed by atoms with Gasteiger partial charge in [0.2, 0.25) is 10.0 Å². The second-order valence-corrected chi connectivity index (χ2v) is 9.59. The maximum Gasteiger partial charge on any atom is 0.265 e. The summed E-state index contributed by atoms with van der Waals surface area (Å²) in [6.45, 7) is 3.05. The molecule has 2 aromatic carbocycles. The van der Waals surface area contributed by atoms with Crippen LogP contribution in [0.2, 0.25) is 5.02 Å². The van der Waals surface area contributed by atoms with E-state index in [4.69, 9.17) is 21.1 Å². The molecule has 1 unspecified atom stereocenters. The number of anilines is 1. The number of ether oxygens (including phenoxy) is 2. The fourth-order valence-corrected chi connectivity index (χ4v) is 4.89. The lowest BCUT2D eigenvalue weighted by Gasteiger charge is -2.26. The molecule has 1 atom stereocenters. The summed E-state index contributed by atoms with van der Waals surface area (Å²) in [5, 5.41) is 3.27. The number of carbonyl (C=O) groups is 1. The first-order valence-electron chi connectivity index (χ1n) is 8.88. The smallest absolute Gasteiger partial charge is 0.265 e. The van der Waals surface area contributed by atoms with Crippen molar-refractivity contribution in [3.8, 4) is 5.75 Å². The van der Waals surface area contributed by atoms with Crippen LogP contribution < -0.4 is 10.1 Å². The number of nitrogens with zero attached hydrogens (tertiary/aromatic N) is 1. The molecule has 1 saturated heterocycles. The summed E-state index contributed by atoms with van der Waals surface area (Å²) in [7, 11) is -3.57. The van der Waals surface area contributed by atoms with E-state index in [2.05, 4.69) is 21.2 Å². The zero-order valence-corrected chi connectivity index (χ0v) is 18.8. The number of nitrogens with one attached hydrogen (secondary N) is 1. The van der Waals surface area contributed by atoms with Crippen LogP contribution >= 0.6 is 27.5 Å². The lowest BCUT2D eigenvalue weighted by Crippen LogP contribution is -2.40. The third-order valence-corrected chi connectivity index (χ3v) is 7.06. The van der Waals surface area contributed by atoms with Crippen molar-refractivity contribution in [2.24, 2.45) is 0 Å². The minimum Gasteiger partial charge on any atom is -0.480 e. The molecule has 1 N–H and O–H groups in total. The molecule has 1 heterocycles. The fraction of sp³-hybridized carbons (Fsp3) is 0.316. The van der Waals surface area contributed by atoms with Gasteiger partial charge in [-0.2, -0.15) is 4.31 Å². The normalized spacial score (nSPS) is 16.2. The molecule has 7 nitrogen and oxygen atoms in total. The van der Waals surface area contributed by atoms with Crippen molar-refractivity contribution in [3.63, 3.8) is 0 Å². The average Bonchev–Trinajstić information content (AvgIpc) is 2.71. The van der Waals surface area contributed by atoms with Crippen molar-refractivity contribution in [1.29, 1.82) is 0 Å². The lowest BCUT2D eigenvalue weighted by atomic mass is 10.3. The minimum absolute atomic E-state index is 0.173. The van der Waals surface area contributed by atoms with E-state index in [1.807, 2.05) is 0 Å². The Morgan fingerprint density at radius 1 is 1.21 bits per heavy atom. The Hall–Kier alpha value is -1.65. The maximum absolute atomic E-state index is 12.6. The van der Waals surface area contributed by atoms with Crippen molar-refractivity contribution >= 4 is 49.1 Å². The number of hydrogen-bond donors (Lipinski definition) is 1. The number of hydrogen-bond acceptors (Lipinski definition) is 5. The van der Waals surface area contributed by atoms with Gasteiger partial charge in [-0.25, -0.2) is 8.42 Å². The third-order valence-electron chi connectivity index (χ3n) is 4.30. The standard InChI is InChI=1S/C19H20BrClN2O5S/c1-13(28-18-7-2-14(21)12-17(18)20)19(24)22-15-3-5-16(6-4-15)29(25,26)23-8-10-27-11-9-23/h2-7,12-13H,8-11H2,1H3,(H,22,24). The van der Waals surface area contributed by atoms with Crippen molar-refractivity contribution in [1.82, 2.24) is 4.31 Å². The van der Waals surface area contributed by atoms with Crippen LogP contribution in [0.5, 0.6) is 5.75 Å². The number of rotatable bonds is 6. The summed E-state index contributed by atoms with van der Waals surface area (Å²) >= 11 is 9.24. The Bertz CT molecular complexity index is 979. The van der Waals surface area contributed by atoms with Crippen LogP contribution in [-0.4, -0.2) is 51.0 Å².